The number of benzene rings is 1. The normalized spacial score (nSPS) is 31.0. The molecule has 41 heavy (non-hydrogen) atoms. The molecular weight excluding hydrogens is 569 g/mol. The molecule has 1 aromatic rings. The van der Waals surface area contributed by atoms with Crippen LogP contribution in [0.25, 0.3) is 0 Å². The maximum Gasteiger partial charge on any atom is 0.456 e. The van der Waals surface area contributed by atoms with Gasteiger partial charge in [0.05, 0.1) is 11.8 Å². The summed E-state index contributed by atoms with van der Waals surface area (Å²) in [6, 6.07) is 5.36. The Morgan fingerprint density at radius 1 is 1.07 bits per heavy atom. The zero-order valence-electron chi connectivity index (χ0n) is 23.1. The average molecular weight is 610 g/mol. The van der Waals surface area contributed by atoms with Crippen LogP contribution >= 0.6 is 0 Å². The highest BCUT2D eigenvalue weighted by Gasteiger charge is 2.62. The molecule has 3 unspecified atom stereocenters. The summed E-state index contributed by atoms with van der Waals surface area (Å²) in [6.07, 6.45) is 2.46. The number of aliphatic hydroxyl groups is 2. The van der Waals surface area contributed by atoms with Gasteiger partial charge in [-0.2, -0.15) is 30.4 Å². The average Bonchev–Trinajstić information content (AvgIpc) is 3.18. The maximum absolute atomic E-state index is 13.2. The molecule has 3 aliphatic carbocycles. The molecule has 6 nitrogen and oxygen atoms in total. The molecule has 0 amide bonds. The summed E-state index contributed by atoms with van der Waals surface area (Å²) >= 11 is 0. The van der Waals surface area contributed by atoms with E-state index in [4.69, 9.17) is 0 Å². The molecule has 3 aliphatic rings. The highest BCUT2D eigenvalue weighted by Crippen LogP contribution is 2.67. The monoisotopic (exact) mass is 609 g/mol. The van der Waals surface area contributed by atoms with Gasteiger partial charge in [-0.15, -0.1) is 0 Å². The molecule has 2 fully saturated rings. The van der Waals surface area contributed by atoms with E-state index in [0.717, 1.165) is 49.7 Å². The third-order valence-corrected chi connectivity index (χ3v) is 10.5. The molecular formula is C29H40F5NO5S. The van der Waals surface area contributed by atoms with Crippen molar-refractivity contribution in [1.82, 2.24) is 0 Å². The van der Waals surface area contributed by atoms with Crippen LogP contribution in [0.4, 0.5) is 27.6 Å². The Bertz CT molecular complexity index is 1220. The van der Waals surface area contributed by atoms with Crippen LogP contribution in [0.5, 0.6) is 0 Å². The van der Waals surface area contributed by atoms with E-state index in [1.807, 2.05) is 6.07 Å². The zero-order valence-corrected chi connectivity index (χ0v) is 24.0. The second-order valence-electron chi connectivity index (χ2n) is 12.4. The molecule has 12 heteroatoms. The van der Waals surface area contributed by atoms with Crippen molar-refractivity contribution in [2.45, 2.75) is 114 Å². The number of alkyl halides is 5. The summed E-state index contributed by atoms with van der Waals surface area (Å²) in [5.74, 6) is -4.66. The maximum atomic E-state index is 13.2. The Morgan fingerprint density at radius 3 is 2.46 bits per heavy atom. The van der Waals surface area contributed by atoms with Crippen molar-refractivity contribution < 1.29 is 45.1 Å². The molecule has 0 heterocycles. The van der Waals surface area contributed by atoms with Crippen molar-refractivity contribution in [1.29, 1.82) is 0 Å². The Balaban J connectivity index is 1.42. The Morgan fingerprint density at radius 2 is 1.78 bits per heavy atom. The van der Waals surface area contributed by atoms with Gasteiger partial charge in [-0.05, 0) is 104 Å². The number of halogens is 5. The molecule has 0 radical (unpaired) electrons. The lowest BCUT2D eigenvalue weighted by molar-refractivity contribution is -0.313. The van der Waals surface area contributed by atoms with Gasteiger partial charge in [0, 0.05) is 0 Å². The fourth-order valence-corrected chi connectivity index (χ4v) is 8.29. The number of unbranched alkanes of at least 4 members (excludes halogenated alkanes) is 4. The molecule has 6 atom stereocenters. The number of fused-ring (bicyclic) bond motifs is 5. The summed E-state index contributed by atoms with van der Waals surface area (Å²) in [5.41, 5.74) is 2.10. The van der Waals surface area contributed by atoms with Crippen LogP contribution in [0, 0.1) is 16.7 Å². The first-order chi connectivity index (χ1) is 19.0. The molecule has 1 aromatic carbocycles. The minimum absolute atomic E-state index is 0.0755. The Labute approximate surface area is 238 Å². The van der Waals surface area contributed by atoms with Crippen molar-refractivity contribution in [3.63, 3.8) is 0 Å². The number of rotatable bonds is 11. The number of hydrogen-bond donors (Lipinski definition) is 4. The van der Waals surface area contributed by atoms with Crippen LogP contribution < -0.4 is 4.72 Å². The van der Waals surface area contributed by atoms with Gasteiger partial charge in [0.1, 0.15) is 6.10 Å². The number of nitrogens with one attached hydrogen (secondary N) is 1. The van der Waals surface area contributed by atoms with Crippen molar-refractivity contribution in [2.24, 2.45) is 16.7 Å². The van der Waals surface area contributed by atoms with E-state index in [0.29, 0.717) is 31.4 Å². The fraction of sp³-hybridized carbons (Fsp3) is 0.724. The molecule has 232 valence electrons. The Hall–Kier alpha value is -1.76. The summed E-state index contributed by atoms with van der Waals surface area (Å²) < 4.78 is 97.5. The van der Waals surface area contributed by atoms with Crippen molar-refractivity contribution in [3.8, 4) is 0 Å². The smallest absolute Gasteiger partial charge is 0.393 e. The molecule has 4 N–H and O–H groups in total. The second kappa shape index (κ2) is 11.7. The first-order valence-electron chi connectivity index (χ1n) is 14.4. The van der Waals surface area contributed by atoms with Crippen LogP contribution in [0.1, 0.15) is 94.6 Å². The van der Waals surface area contributed by atoms with E-state index < -0.39 is 34.9 Å². The molecule has 4 rings (SSSR count). The lowest BCUT2D eigenvalue weighted by atomic mass is 9.47. The van der Waals surface area contributed by atoms with E-state index in [-0.39, 0.29) is 35.2 Å². The van der Waals surface area contributed by atoms with Crippen molar-refractivity contribution in [3.05, 3.63) is 41.5 Å². The van der Waals surface area contributed by atoms with E-state index >= 15 is 0 Å². The number of aryl methyl sites for hydroxylation is 1. The van der Waals surface area contributed by atoms with Gasteiger partial charge in [0.25, 0.3) is 0 Å². The third-order valence-electron chi connectivity index (χ3n) is 9.97. The van der Waals surface area contributed by atoms with Crippen molar-refractivity contribution in [2.75, 3.05) is 4.72 Å². The molecule has 0 aliphatic heterocycles. The predicted molar refractivity (Wildman–Crippen MR) is 145 cm³/mol. The van der Waals surface area contributed by atoms with Crippen molar-refractivity contribution >= 4 is 16.0 Å². The minimum Gasteiger partial charge on any atom is -0.393 e. The molecule has 2 saturated carbocycles. The van der Waals surface area contributed by atoms with E-state index in [1.165, 1.54) is 0 Å². The van der Waals surface area contributed by atoms with Gasteiger partial charge in [-0.3, -0.25) is 9.27 Å². The number of anilines is 1. The topological polar surface area (TPSA) is 107 Å². The van der Waals surface area contributed by atoms with Gasteiger partial charge in [-0.25, -0.2) is 0 Å². The van der Waals surface area contributed by atoms with Crippen LogP contribution in [0.3, 0.4) is 0 Å². The molecule has 0 saturated heterocycles. The van der Waals surface area contributed by atoms with Crippen LogP contribution in [-0.4, -0.2) is 47.5 Å². The second-order valence-corrected chi connectivity index (χ2v) is 13.5. The first kappa shape index (κ1) is 32.2. The van der Waals surface area contributed by atoms with Crippen LogP contribution in [0.15, 0.2) is 30.4 Å². The third kappa shape index (κ3) is 6.45. The minimum atomic E-state index is -5.77. The zero-order chi connectivity index (χ0) is 30.3. The van der Waals surface area contributed by atoms with Gasteiger partial charge < -0.3 is 10.2 Å². The highest BCUT2D eigenvalue weighted by atomic mass is 32.2. The summed E-state index contributed by atoms with van der Waals surface area (Å²) in [7, 11) is -4.39. The van der Waals surface area contributed by atoms with Crippen LogP contribution in [0.2, 0.25) is 0 Å². The number of hydrogen-bond acceptors (Lipinski definition) is 4. The van der Waals surface area contributed by atoms with E-state index in [1.54, 1.807) is 12.1 Å². The number of allylic oxidation sites excluding steroid dienone is 2. The van der Waals surface area contributed by atoms with E-state index in [2.05, 4.69) is 23.8 Å². The molecule has 0 aromatic heterocycles. The quantitative estimate of drug-likeness (QED) is 0.0941. The van der Waals surface area contributed by atoms with Gasteiger partial charge in [0.2, 0.25) is 0 Å². The largest absolute Gasteiger partial charge is 0.456 e. The van der Waals surface area contributed by atoms with Gasteiger partial charge in [-0.1, -0.05) is 44.4 Å². The highest BCUT2D eigenvalue weighted by molar-refractivity contribution is 7.87. The summed E-state index contributed by atoms with van der Waals surface area (Å²) in [5, 5.41) is 20.2. The standard InChI is InChI=1S/C29H40F5NO5S/c1-26-16-14-22-21-10-9-20(35-41(38,39)40)18-19(21)13-17-27(22,23(26)11-12-24(26)36)15-7-5-3-2-4-6-8-25(37)28(30,31)29(32,33)34/h7,9-10,15,18,22-25,35-37H,2-6,8,11-14,16-17H2,1H3,(H,38,39,40)/t22?,23?,24-,25+,26-,27?/m0/s1. The predicted octanol–water partition coefficient (Wildman–Crippen LogP) is 6.94. The summed E-state index contributed by atoms with van der Waals surface area (Å²) in [4.78, 5) is 0. The first-order valence-corrected chi connectivity index (χ1v) is 15.8. The Kier molecular flexibility index (Phi) is 9.20. The van der Waals surface area contributed by atoms with E-state index in [9.17, 15) is 45.1 Å². The SMILES string of the molecule is C[C@]12CCC3c4ccc(NS(=O)(=O)O)cc4CCC3(C=CCCCCCC[C@@H](O)C(F)(F)C(F)(F)F)C1CC[C@@H]2O. The fourth-order valence-electron chi connectivity index (χ4n) is 7.87. The van der Waals surface area contributed by atoms with Gasteiger partial charge >= 0.3 is 22.4 Å². The molecule has 0 bridgehead atoms. The van der Waals surface area contributed by atoms with Crippen LogP contribution in [-0.2, 0) is 16.7 Å². The summed E-state index contributed by atoms with van der Waals surface area (Å²) in [6.45, 7) is 2.17. The molecule has 0 spiro atoms. The number of aliphatic hydroxyl groups excluding tert-OH is 2. The lowest BCUT2D eigenvalue weighted by Gasteiger charge is -2.57. The van der Waals surface area contributed by atoms with Gasteiger partial charge in [0.15, 0.2) is 0 Å². The lowest BCUT2D eigenvalue weighted by Crippen LogP contribution is -2.50.